The van der Waals surface area contributed by atoms with Crippen molar-refractivity contribution in [3.05, 3.63) is 22.8 Å². The molecule has 0 radical (unpaired) electrons. The second-order valence-corrected chi connectivity index (χ2v) is 6.47. The maximum atomic E-state index is 12.5. The second kappa shape index (κ2) is 4.61. The zero-order valence-corrected chi connectivity index (χ0v) is 13.1. The summed E-state index contributed by atoms with van der Waals surface area (Å²) in [5.74, 6) is -0.110. The number of carbonyl (C=O) groups excluding carboxylic acids is 2. The third kappa shape index (κ3) is 1.74. The van der Waals surface area contributed by atoms with E-state index in [2.05, 4.69) is 15.5 Å². The first-order valence-corrected chi connectivity index (χ1v) is 7.75. The van der Waals surface area contributed by atoms with Crippen LogP contribution in [0.2, 0.25) is 0 Å². The summed E-state index contributed by atoms with van der Waals surface area (Å²) in [6.45, 7) is 0.913. The van der Waals surface area contributed by atoms with Crippen molar-refractivity contribution >= 4 is 11.9 Å². The van der Waals surface area contributed by atoms with Crippen LogP contribution in [0.3, 0.4) is 0 Å². The number of amides is 3. The summed E-state index contributed by atoms with van der Waals surface area (Å²) in [6.07, 6.45) is 2.01. The Morgan fingerprint density at radius 2 is 2.22 bits per heavy atom. The minimum atomic E-state index is -1.20. The molecule has 3 aliphatic rings. The predicted octanol–water partition coefficient (Wildman–Crippen LogP) is 0.758. The Labute approximate surface area is 133 Å². The summed E-state index contributed by atoms with van der Waals surface area (Å²) in [5, 5.41) is 15.8. The van der Waals surface area contributed by atoms with Crippen molar-refractivity contribution in [2.45, 2.75) is 30.8 Å². The van der Waals surface area contributed by atoms with Crippen LogP contribution in [0.1, 0.15) is 35.6 Å². The van der Waals surface area contributed by atoms with E-state index in [1.165, 1.54) is 7.11 Å². The summed E-state index contributed by atoms with van der Waals surface area (Å²) in [7, 11) is 3.54. The third-order valence-electron chi connectivity index (χ3n) is 5.37. The summed E-state index contributed by atoms with van der Waals surface area (Å²) in [5.41, 5.74) is 1.33. The number of nitrogens with zero attached hydrogens (tertiary/aromatic N) is 1. The van der Waals surface area contributed by atoms with Crippen LogP contribution < -0.4 is 15.4 Å². The first kappa shape index (κ1) is 14.3. The van der Waals surface area contributed by atoms with Gasteiger partial charge in [-0.05, 0) is 43.5 Å². The average Bonchev–Trinajstić information content (AvgIpc) is 2.80. The molecule has 1 fully saturated rings. The van der Waals surface area contributed by atoms with E-state index in [1.54, 1.807) is 0 Å². The molecule has 1 saturated heterocycles. The fourth-order valence-electron chi connectivity index (χ4n) is 4.25. The van der Waals surface area contributed by atoms with Gasteiger partial charge in [-0.1, -0.05) is 0 Å². The number of methoxy groups -OCH3 is 1. The van der Waals surface area contributed by atoms with Crippen LogP contribution in [-0.4, -0.2) is 42.6 Å². The van der Waals surface area contributed by atoms with Gasteiger partial charge in [0, 0.05) is 18.2 Å². The summed E-state index contributed by atoms with van der Waals surface area (Å²) in [6, 6.07) is 1.47. The number of hydrogen-bond donors (Lipinski definition) is 3. The van der Waals surface area contributed by atoms with Gasteiger partial charge in [0.1, 0.15) is 0 Å². The van der Waals surface area contributed by atoms with E-state index >= 15 is 0 Å². The van der Waals surface area contributed by atoms with Gasteiger partial charge >= 0.3 is 6.03 Å². The molecule has 2 aliphatic heterocycles. The SMILES string of the molecule is COc1cc2c3c(c1O)C1(CCC3N(C)CC2)NC(=O)NC1=O. The number of aromatic hydroxyl groups is 1. The highest BCUT2D eigenvalue weighted by molar-refractivity contribution is 6.08. The summed E-state index contributed by atoms with van der Waals surface area (Å²) in [4.78, 5) is 26.5. The summed E-state index contributed by atoms with van der Waals surface area (Å²) >= 11 is 0. The van der Waals surface area contributed by atoms with Gasteiger partial charge in [-0.3, -0.25) is 15.0 Å². The van der Waals surface area contributed by atoms with Crippen molar-refractivity contribution in [3.63, 3.8) is 0 Å². The lowest BCUT2D eigenvalue weighted by Crippen LogP contribution is -2.50. The molecule has 4 rings (SSSR count). The third-order valence-corrected chi connectivity index (χ3v) is 5.37. The van der Waals surface area contributed by atoms with E-state index < -0.39 is 17.5 Å². The molecule has 3 amide bonds. The molecule has 122 valence electrons. The van der Waals surface area contributed by atoms with Gasteiger partial charge in [-0.2, -0.15) is 0 Å². The molecule has 2 unspecified atom stereocenters. The maximum Gasteiger partial charge on any atom is 0.322 e. The van der Waals surface area contributed by atoms with Gasteiger partial charge in [0.05, 0.1) is 7.11 Å². The van der Waals surface area contributed by atoms with Crippen LogP contribution in [-0.2, 0) is 16.8 Å². The Morgan fingerprint density at radius 3 is 2.87 bits per heavy atom. The highest BCUT2D eigenvalue weighted by atomic mass is 16.5. The van der Waals surface area contributed by atoms with E-state index in [0.29, 0.717) is 17.7 Å². The second-order valence-electron chi connectivity index (χ2n) is 6.47. The number of benzene rings is 1. The van der Waals surface area contributed by atoms with E-state index in [9.17, 15) is 14.7 Å². The Bertz CT molecular complexity index is 733. The number of fused-ring (bicyclic) bond motifs is 1. The molecular formula is C16H19N3O4. The zero-order chi connectivity index (χ0) is 16.4. The van der Waals surface area contributed by atoms with E-state index in [1.807, 2.05) is 13.1 Å². The van der Waals surface area contributed by atoms with E-state index in [-0.39, 0.29) is 11.8 Å². The van der Waals surface area contributed by atoms with Crippen molar-refractivity contribution in [3.8, 4) is 11.5 Å². The van der Waals surface area contributed by atoms with E-state index in [0.717, 1.165) is 30.5 Å². The molecule has 0 saturated carbocycles. The number of rotatable bonds is 1. The zero-order valence-electron chi connectivity index (χ0n) is 13.1. The lowest BCUT2D eigenvalue weighted by molar-refractivity contribution is -0.125. The lowest BCUT2D eigenvalue weighted by Gasteiger charge is -2.44. The van der Waals surface area contributed by atoms with Crippen LogP contribution in [0.5, 0.6) is 11.5 Å². The minimum Gasteiger partial charge on any atom is -0.504 e. The van der Waals surface area contributed by atoms with Crippen LogP contribution in [0.25, 0.3) is 0 Å². The highest BCUT2D eigenvalue weighted by Crippen LogP contribution is 2.53. The molecule has 0 aromatic heterocycles. The fraction of sp³-hybridized carbons (Fsp3) is 0.500. The van der Waals surface area contributed by atoms with Crippen LogP contribution in [0, 0.1) is 0 Å². The standard InChI is InChI=1S/C16H19N3O4/c1-19-6-4-8-7-10(23-2)13(20)12-11(8)9(19)3-5-16(12)14(21)17-15(22)18-16/h7,9,20H,3-6H2,1-2H3,(H2,17,18,21,22). The molecule has 1 aromatic carbocycles. The highest BCUT2D eigenvalue weighted by Gasteiger charge is 2.55. The van der Waals surface area contributed by atoms with Crippen molar-refractivity contribution in [1.29, 1.82) is 0 Å². The average molecular weight is 317 g/mol. The van der Waals surface area contributed by atoms with Crippen LogP contribution in [0.15, 0.2) is 6.07 Å². The molecule has 3 N–H and O–H groups in total. The molecule has 2 heterocycles. The fourth-order valence-corrected chi connectivity index (χ4v) is 4.25. The predicted molar refractivity (Wildman–Crippen MR) is 81.3 cm³/mol. The molecule has 0 bridgehead atoms. The molecule has 7 heteroatoms. The monoisotopic (exact) mass is 317 g/mol. The smallest absolute Gasteiger partial charge is 0.322 e. The number of carbonyl (C=O) groups is 2. The molecule has 1 aliphatic carbocycles. The quantitative estimate of drug-likeness (QED) is 0.665. The van der Waals surface area contributed by atoms with Crippen molar-refractivity contribution in [2.24, 2.45) is 0 Å². The molecule has 7 nitrogen and oxygen atoms in total. The summed E-state index contributed by atoms with van der Waals surface area (Å²) < 4.78 is 5.30. The van der Waals surface area contributed by atoms with E-state index in [4.69, 9.17) is 4.74 Å². The Kier molecular flexibility index (Phi) is 2.87. The molecule has 23 heavy (non-hydrogen) atoms. The first-order valence-electron chi connectivity index (χ1n) is 7.75. The number of likely N-dealkylation sites (N-methyl/N-ethyl adjacent to an activating group) is 1. The number of hydrogen-bond acceptors (Lipinski definition) is 5. The lowest BCUT2D eigenvalue weighted by atomic mass is 9.70. The van der Waals surface area contributed by atoms with Gasteiger partial charge in [-0.25, -0.2) is 4.79 Å². The maximum absolute atomic E-state index is 12.5. The van der Waals surface area contributed by atoms with Crippen molar-refractivity contribution in [1.82, 2.24) is 15.5 Å². The van der Waals surface area contributed by atoms with Gasteiger partial charge in [0.25, 0.3) is 5.91 Å². The van der Waals surface area contributed by atoms with Crippen LogP contribution in [0.4, 0.5) is 4.79 Å². The first-order chi connectivity index (χ1) is 11.0. The number of nitrogens with one attached hydrogen (secondary N) is 2. The molecular weight excluding hydrogens is 298 g/mol. The largest absolute Gasteiger partial charge is 0.504 e. The van der Waals surface area contributed by atoms with Crippen molar-refractivity contribution in [2.75, 3.05) is 20.7 Å². The number of phenolic OH excluding ortho intramolecular Hbond substituents is 1. The Morgan fingerprint density at radius 1 is 1.43 bits per heavy atom. The molecule has 2 atom stereocenters. The number of imide groups is 1. The van der Waals surface area contributed by atoms with Crippen LogP contribution >= 0.6 is 0 Å². The Hall–Kier alpha value is -2.28. The Balaban J connectivity index is 2.03. The van der Waals surface area contributed by atoms with Gasteiger partial charge in [-0.15, -0.1) is 0 Å². The topological polar surface area (TPSA) is 90.9 Å². The molecule has 1 spiro atoms. The molecule has 1 aromatic rings. The number of phenols is 1. The normalized spacial score (nSPS) is 29.2. The van der Waals surface area contributed by atoms with Gasteiger partial charge in [0.2, 0.25) is 0 Å². The van der Waals surface area contributed by atoms with Gasteiger partial charge in [0.15, 0.2) is 17.0 Å². The van der Waals surface area contributed by atoms with Gasteiger partial charge < -0.3 is 15.2 Å². The van der Waals surface area contributed by atoms with Crippen molar-refractivity contribution < 1.29 is 19.4 Å². The minimum absolute atomic E-state index is 0.0522. The number of ether oxygens (including phenoxy) is 1. The number of urea groups is 1.